The van der Waals surface area contributed by atoms with E-state index in [0.29, 0.717) is 22.6 Å². The number of aliphatic imine (C=N–C) groups is 1. The summed E-state index contributed by atoms with van der Waals surface area (Å²) >= 11 is 0. The molecular formula is C18H14FNO4. The van der Waals surface area contributed by atoms with Crippen LogP contribution < -0.4 is 9.47 Å². The summed E-state index contributed by atoms with van der Waals surface area (Å²) in [6.45, 7) is 0. The van der Waals surface area contributed by atoms with Gasteiger partial charge in [-0.2, -0.15) is 0 Å². The van der Waals surface area contributed by atoms with Gasteiger partial charge in [-0.1, -0.05) is 0 Å². The van der Waals surface area contributed by atoms with E-state index in [1.54, 1.807) is 38.5 Å². The Labute approximate surface area is 138 Å². The molecule has 2 aromatic rings. The molecule has 0 radical (unpaired) electrons. The summed E-state index contributed by atoms with van der Waals surface area (Å²) in [6, 6.07) is 10.8. The Morgan fingerprint density at radius 2 is 1.67 bits per heavy atom. The molecule has 0 aliphatic carbocycles. The lowest BCUT2D eigenvalue weighted by atomic mass is 10.1. The molecule has 0 unspecified atom stereocenters. The molecule has 0 bridgehead atoms. The number of carbonyl (C=O) groups excluding carboxylic acids is 1. The second-order valence-electron chi connectivity index (χ2n) is 4.99. The van der Waals surface area contributed by atoms with Crippen LogP contribution in [0.1, 0.15) is 11.1 Å². The highest BCUT2D eigenvalue weighted by atomic mass is 19.1. The summed E-state index contributed by atoms with van der Waals surface area (Å²) in [5.41, 5.74) is 1.35. The number of ether oxygens (including phenoxy) is 3. The lowest BCUT2D eigenvalue weighted by Gasteiger charge is -2.05. The van der Waals surface area contributed by atoms with Gasteiger partial charge in [-0.25, -0.2) is 14.2 Å². The molecule has 3 rings (SSSR count). The number of nitrogens with zero attached hydrogens (tertiary/aromatic N) is 1. The van der Waals surface area contributed by atoms with E-state index < -0.39 is 5.97 Å². The number of carbonyl (C=O) groups is 1. The van der Waals surface area contributed by atoms with Gasteiger partial charge in [0.05, 0.1) is 14.2 Å². The van der Waals surface area contributed by atoms with Crippen LogP contribution in [0.2, 0.25) is 0 Å². The summed E-state index contributed by atoms with van der Waals surface area (Å²) in [5.74, 6) is 0.380. The van der Waals surface area contributed by atoms with Crippen molar-refractivity contribution in [2.75, 3.05) is 14.2 Å². The highest BCUT2D eigenvalue weighted by Gasteiger charge is 2.24. The Balaban J connectivity index is 1.95. The zero-order chi connectivity index (χ0) is 17.1. The number of esters is 1. The fraction of sp³-hybridized carbons (Fsp3) is 0.111. The Kier molecular flexibility index (Phi) is 4.29. The average molecular weight is 327 g/mol. The minimum atomic E-state index is -0.573. The monoisotopic (exact) mass is 327 g/mol. The number of hydrogen-bond donors (Lipinski definition) is 0. The van der Waals surface area contributed by atoms with Crippen molar-refractivity contribution in [2.45, 2.75) is 0 Å². The molecule has 0 saturated carbocycles. The minimum Gasteiger partial charge on any atom is -0.497 e. The summed E-state index contributed by atoms with van der Waals surface area (Å²) in [7, 11) is 3.08. The molecule has 0 amide bonds. The topological polar surface area (TPSA) is 57.1 Å². The molecule has 6 heteroatoms. The van der Waals surface area contributed by atoms with E-state index in [2.05, 4.69) is 4.99 Å². The van der Waals surface area contributed by atoms with Crippen LogP contribution in [0.15, 0.2) is 53.2 Å². The lowest BCUT2D eigenvalue weighted by Crippen LogP contribution is -2.05. The van der Waals surface area contributed by atoms with Crippen LogP contribution in [0.4, 0.5) is 4.39 Å². The first-order chi connectivity index (χ1) is 11.6. The van der Waals surface area contributed by atoms with E-state index >= 15 is 0 Å². The van der Waals surface area contributed by atoms with Crippen molar-refractivity contribution < 1.29 is 23.4 Å². The quantitative estimate of drug-likeness (QED) is 0.639. The van der Waals surface area contributed by atoms with E-state index in [-0.39, 0.29) is 17.4 Å². The number of methoxy groups -OCH3 is 2. The van der Waals surface area contributed by atoms with Crippen molar-refractivity contribution in [1.82, 2.24) is 0 Å². The molecular weight excluding hydrogens is 313 g/mol. The summed E-state index contributed by atoms with van der Waals surface area (Å²) in [6.07, 6.45) is 1.57. The smallest absolute Gasteiger partial charge is 0.363 e. The van der Waals surface area contributed by atoms with Crippen molar-refractivity contribution in [3.05, 3.63) is 65.1 Å². The van der Waals surface area contributed by atoms with Gasteiger partial charge < -0.3 is 14.2 Å². The molecule has 24 heavy (non-hydrogen) atoms. The van der Waals surface area contributed by atoms with Crippen LogP contribution in [0.3, 0.4) is 0 Å². The largest absolute Gasteiger partial charge is 0.497 e. The zero-order valence-electron chi connectivity index (χ0n) is 13.1. The predicted molar refractivity (Wildman–Crippen MR) is 86.6 cm³/mol. The number of benzene rings is 2. The van der Waals surface area contributed by atoms with Gasteiger partial charge >= 0.3 is 5.97 Å². The first-order valence-corrected chi connectivity index (χ1v) is 7.10. The molecule has 122 valence electrons. The Hall–Kier alpha value is -3.15. The number of cyclic esters (lactones) is 1. The second-order valence-corrected chi connectivity index (χ2v) is 4.99. The van der Waals surface area contributed by atoms with Gasteiger partial charge in [-0.05, 0) is 48.0 Å². The number of halogens is 1. The van der Waals surface area contributed by atoms with Crippen molar-refractivity contribution in [3.63, 3.8) is 0 Å². The fourth-order valence-electron chi connectivity index (χ4n) is 2.20. The maximum Gasteiger partial charge on any atom is 0.363 e. The maximum absolute atomic E-state index is 13.0. The average Bonchev–Trinajstić information content (AvgIpc) is 2.95. The summed E-state index contributed by atoms with van der Waals surface area (Å²) < 4.78 is 28.5. The lowest BCUT2D eigenvalue weighted by molar-refractivity contribution is -0.129. The van der Waals surface area contributed by atoms with E-state index in [0.717, 1.165) is 0 Å². The predicted octanol–water partition coefficient (Wildman–Crippen LogP) is 3.19. The molecule has 0 N–H and O–H groups in total. The Morgan fingerprint density at radius 3 is 2.25 bits per heavy atom. The van der Waals surface area contributed by atoms with Crippen LogP contribution in [0.5, 0.6) is 11.5 Å². The van der Waals surface area contributed by atoms with Crippen LogP contribution in [0.25, 0.3) is 6.08 Å². The van der Waals surface area contributed by atoms with Gasteiger partial charge in [0.25, 0.3) is 0 Å². The molecule has 0 aromatic heterocycles. The third-order valence-corrected chi connectivity index (χ3v) is 3.39. The highest BCUT2D eigenvalue weighted by molar-refractivity contribution is 6.12. The van der Waals surface area contributed by atoms with E-state index in [1.807, 2.05) is 0 Å². The minimum absolute atomic E-state index is 0.140. The fourth-order valence-corrected chi connectivity index (χ4v) is 2.20. The molecule has 1 heterocycles. The number of rotatable bonds is 4. The van der Waals surface area contributed by atoms with Gasteiger partial charge in [-0.15, -0.1) is 0 Å². The van der Waals surface area contributed by atoms with Gasteiger partial charge in [0, 0.05) is 11.6 Å². The highest BCUT2D eigenvalue weighted by Crippen LogP contribution is 2.26. The van der Waals surface area contributed by atoms with E-state index in [9.17, 15) is 9.18 Å². The zero-order valence-corrected chi connectivity index (χ0v) is 13.1. The van der Waals surface area contributed by atoms with Crippen molar-refractivity contribution in [3.8, 4) is 11.5 Å². The van der Waals surface area contributed by atoms with Crippen LogP contribution in [-0.2, 0) is 9.53 Å². The third-order valence-electron chi connectivity index (χ3n) is 3.39. The first-order valence-electron chi connectivity index (χ1n) is 7.10. The summed E-state index contributed by atoms with van der Waals surface area (Å²) in [5, 5.41) is 0. The molecule has 0 saturated heterocycles. The molecule has 0 atom stereocenters. The normalized spacial score (nSPS) is 15.2. The maximum atomic E-state index is 13.0. The first kappa shape index (κ1) is 15.7. The van der Waals surface area contributed by atoms with Crippen molar-refractivity contribution in [1.29, 1.82) is 0 Å². The van der Waals surface area contributed by atoms with Gasteiger partial charge in [0.2, 0.25) is 5.90 Å². The Bertz CT molecular complexity index is 818. The Morgan fingerprint density at radius 1 is 1.04 bits per heavy atom. The number of hydrogen-bond acceptors (Lipinski definition) is 5. The van der Waals surface area contributed by atoms with Gasteiger partial charge in [0.1, 0.15) is 17.3 Å². The summed E-state index contributed by atoms with van der Waals surface area (Å²) in [4.78, 5) is 16.2. The van der Waals surface area contributed by atoms with Crippen LogP contribution in [-0.4, -0.2) is 26.1 Å². The van der Waals surface area contributed by atoms with Gasteiger partial charge in [-0.3, -0.25) is 0 Å². The molecule has 1 aliphatic rings. The second kappa shape index (κ2) is 6.54. The van der Waals surface area contributed by atoms with Crippen LogP contribution >= 0.6 is 0 Å². The molecule has 1 aliphatic heterocycles. The molecule has 0 spiro atoms. The molecule has 5 nitrogen and oxygen atoms in total. The van der Waals surface area contributed by atoms with Crippen molar-refractivity contribution in [2.24, 2.45) is 4.99 Å². The van der Waals surface area contributed by atoms with Crippen molar-refractivity contribution >= 4 is 17.9 Å². The van der Waals surface area contributed by atoms with Gasteiger partial charge in [0.15, 0.2) is 5.70 Å². The third kappa shape index (κ3) is 3.27. The van der Waals surface area contributed by atoms with E-state index in [4.69, 9.17) is 14.2 Å². The molecule has 0 fully saturated rings. The van der Waals surface area contributed by atoms with Crippen LogP contribution in [0, 0.1) is 5.82 Å². The molecule has 2 aromatic carbocycles. The SMILES string of the molecule is COc1cc(/C=C2\N=C(c3ccc(F)cc3)OC2=O)cc(OC)c1. The van der Waals surface area contributed by atoms with E-state index in [1.165, 1.54) is 24.3 Å². The standard InChI is InChI=1S/C18H14FNO4/c1-22-14-7-11(8-15(10-14)23-2)9-16-18(21)24-17(20-16)12-3-5-13(19)6-4-12/h3-10H,1-2H3/b16-9-.